The van der Waals surface area contributed by atoms with Crippen LogP contribution in [0.1, 0.15) is 67.9 Å². The Kier molecular flexibility index (Phi) is 6.48. The molecular formula is C19H27ClN4O2. The Bertz CT molecular complexity index is 753. The number of fused-ring (bicyclic) bond motifs is 1. The third-order valence-corrected chi connectivity index (χ3v) is 5.34. The van der Waals surface area contributed by atoms with Crippen molar-refractivity contribution in [1.82, 2.24) is 19.9 Å². The molecular weight excluding hydrogens is 352 g/mol. The molecule has 2 aromatic rings. The van der Waals surface area contributed by atoms with Crippen LogP contribution in [-0.4, -0.2) is 39.3 Å². The minimum absolute atomic E-state index is 0.155. The molecule has 0 unspecified atom stereocenters. The van der Waals surface area contributed by atoms with Crippen LogP contribution in [0.25, 0.3) is 5.65 Å². The van der Waals surface area contributed by atoms with E-state index < -0.39 is 0 Å². The van der Waals surface area contributed by atoms with E-state index in [4.69, 9.17) is 16.3 Å². The molecule has 0 atom stereocenters. The number of amides is 1. The summed E-state index contributed by atoms with van der Waals surface area (Å²) in [6.45, 7) is 4.91. The van der Waals surface area contributed by atoms with Crippen LogP contribution in [0.15, 0.2) is 12.3 Å². The van der Waals surface area contributed by atoms with Crippen molar-refractivity contribution in [2.75, 3.05) is 6.61 Å². The van der Waals surface area contributed by atoms with Gasteiger partial charge in [-0.25, -0.2) is 9.50 Å². The number of nitrogens with zero attached hydrogens (tertiary/aromatic N) is 3. The summed E-state index contributed by atoms with van der Waals surface area (Å²) in [6, 6.07) is 2.00. The molecule has 0 aromatic carbocycles. The molecule has 3 rings (SSSR count). The van der Waals surface area contributed by atoms with Crippen LogP contribution >= 0.6 is 11.6 Å². The Labute approximate surface area is 159 Å². The average Bonchev–Trinajstić information content (AvgIpc) is 3.03. The maximum absolute atomic E-state index is 12.6. The molecule has 0 radical (unpaired) electrons. The van der Waals surface area contributed by atoms with Crippen molar-refractivity contribution in [1.29, 1.82) is 0 Å². The third-order valence-electron chi connectivity index (χ3n) is 4.97. The molecule has 1 fully saturated rings. The average molecular weight is 379 g/mol. The van der Waals surface area contributed by atoms with Gasteiger partial charge in [-0.2, -0.15) is 5.10 Å². The Morgan fingerprint density at radius 2 is 2.12 bits per heavy atom. The summed E-state index contributed by atoms with van der Waals surface area (Å²) in [5, 5.41) is 7.73. The minimum Gasteiger partial charge on any atom is -0.378 e. The first-order valence-electron chi connectivity index (χ1n) is 9.51. The van der Waals surface area contributed by atoms with Crippen LogP contribution < -0.4 is 5.32 Å². The summed E-state index contributed by atoms with van der Waals surface area (Å²) in [7, 11) is 0. The number of unbranched alkanes of at least 4 members (excludes halogenated alkanes) is 2. The van der Waals surface area contributed by atoms with E-state index >= 15 is 0 Å². The quantitative estimate of drug-likeness (QED) is 0.741. The second kappa shape index (κ2) is 8.82. The number of rotatable bonds is 7. The number of carbonyl (C=O) groups excluding carboxylic acids is 1. The molecule has 0 aliphatic heterocycles. The topological polar surface area (TPSA) is 68.5 Å². The van der Waals surface area contributed by atoms with Gasteiger partial charge in [0, 0.05) is 12.6 Å². The van der Waals surface area contributed by atoms with Gasteiger partial charge in [-0.1, -0.05) is 31.4 Å². The van der Waals surface area contributed by atoms with Gasteiger partial charge in [-0.15, -0.1) is 0 Å². The van der Waals surface area contributed by atoms with E-state index in [1.807, 2.05) is 13.0 Å². The summed E-state index contributed by atoms with van der Waals surface area (Å²) in [5.74, 6) is -0.155. The van der Waals surface area contributed by atoms with Gasteiger partial charge in [0.25, 0.3) is 5.91 Å². The fraction of sp³-hybridized carbons (Fsp3) is 0.632. The number of ether oxygens (including phenoxy) is 1. The van der Waals surface area contributed by atoms with E-state index in [0.717, 1.165) is 44.3 Å². The summed E-state index contributed by atoms with van der Waals surface area (Å²) in [6.07, 6.45) is 9.32. The minimum atomic E-state index is -0.155. The van der Waals surface area contributed by atoms with E-state index in [-0.39, 0.29) is 11.9 Å². The van der Waals surface area contributed by atoms with Gasteiger partial charge >= 0.3 is 0 Å². The van der Waals surface area contributed by atoms with Crippen molar-refractivity contribution in [3.05, 3.63) is 28.7 Å². The molecule has 0 saturated heterocycles. The number of hydrogen-bond donors (Lipinski definition) is 1. The predicted molar refractivity (Wildman–Crippen MR) is 102 cm³/mol. The second-order valence-corrected chi connectivity index (χ2v) is 7.41. The lowest BCUT2D eigenvalue weighted by atomic mass is 9.93. The van der Waals surface area contributed by atoms with Gasteiger partial charge in [0.05, 0.1) is 12.3 Å². The van der Waals surface area contributed by atoms with Gasteiger partial charge in [0.2, 0.25) is 0 Å². The molecule has 1 aliphatic rings. The lowest BCUT2D eigenvalue weighted by molar-refractivity contribution is 0.0204. The molecule has 7 heteroatoms. The number of carbonyl (C=O) groups is 1. The van der Waals surface area contributed by atoms with Crippen LogP contribution in [-0.2, 0) is 4.74 Å². The maximum atomic E-state index is 12.6. The van der Waals surface area contributed by atoms with Gasteiger partial charge in [-0.05, 0) is 50.7 Å². The smallest absolute Gasteiger partial charge is 0.271 e. The highest BCUT2D eigenvalue weighted by molar-refractivity contribution is 6.30. The highest BCUT2D eigenvalue weighted by Crippen LogP contribution is 2.22. The van der Waals surface area contributed by atoms with Crippen molar-refractivity contribution < 1.29 is 9.53 Å². The summed E-state index contributed by atoms with van der Waals surface area (Å²) < 4.78 is 7.45. The van der Waals surface area contributed by atoms with E-state index in [0.29, 0.717) is 22.6 Å². The Balaban J connectivity index is 1.53. The molecule has 2 aromatic heterocycles. The molecule has 1 saturated carbocycles. The first kappa shape index (κ1) is 19.1. The number of nitrogens with one attached hydrogen (secondary N) is 1. The third kappa shape index (κ3) is 4.54. The molecule has 1 N–H and O–H groups in total. The van der Waals surface area contributed by atoms with E-state index in [9.17, 15) is 4.79 Å². The summed E-state index contributed by atoms with van der Waals surface area (Å²) in [5.41, 5.74) is 1.88. The van der Waals surface area contributed by atoms with Gasteiger partial charge in [0.15, 0.2) is 16.5 Å². The molecule has 0 spiro atoms. The standard InChI is InChI=1S/C19H27ClN4O2/c1-3-4-5-10-26-15-8-6-14(7-9-15)22-19(25)16-12-21-17-11-13(2)18(20)23-24(16)17/h11-12,14-15H,3-10H2,1-2H3,(H,22,25). The number of imidazole rings is 1. The Morgan fingerprint density at radius 1 is 1.35 bits per heavy atom. The van der Waals surface area contributed by atoms with E-state index in [1.165, 1.54) is 17.4 Å². The first-order chi connectivity index (χ1) is 12.6. The van der Waals surface area contributed by atoms with Crippen LogP contribution in [0.2, 0.25) is 5.15 Å². The number of aromatic nitrogens is 3. The highest BCUT2D eigenvalue weighted by Gasteiger charge is 2.24. The van der Waals surface area contributed by atoms with Crippen LogP contribution in [0.5, 0.6) is 0 Å². The second-order valence-electron chi connectivity index (χ2n) is 7.06. The van der Waals surface area contributed by atoms with Crippen molar-refractivity contribution in [2.45, 2.75) is 70.9 Å². The monoisotopic (exact) mass is 378 g/mol. The van der Waals surface area contributed by atoms with Crippen molar-refractivity contribution in [3.8, 4) is 0 Å². The maximum Gasteiger partial charge on any atom is 0.271 e. The fourth-order valence-electron chi connectivity index (χ4n) is 3.37. The summed E-state index contributed by atoms with van der Waals surface area (Å²) >= 11 is 6.09. The fourth-order valence-corrected chi connectivity index (χ4v) is 3.50. The first-order valence-corrected chi connectivity index (χ1v) is 9.89. The molecule has 0 bridgehead atoms. The SMILES string of the molecule is CCCCCOC1CCC(NC(=O)c2cnc3cc(C)c(Cl)nn23)CC1. The predicted octanol–water partition coefficient (Wildman–Crippen LogP) is 3.94. The molecule has 2 heterocycles. The Hall–Kier alpha value is -1.66. The summed E-state index contributed by atoms with van der Waals surface area (Å²) in [4.78, 5) is 16.9. The van der Waals surface area contributed by atoms with E-state index in [1.54, 1.807) is 6.20 Å². The molecule has 1 aliphatic carbocycles. The van der Waals surface area contributed by atoms with Crippen LogP contribution in [0, 0.1) is 6.92 Å². The molecule has 1 amide bonds. The number of halogens is 1. The number of hydrogen-bond acceptors (Lipinski definition) is 4. The van der Waals surface area contributed by atoms with E-state index in [2.05, 4.69) is 22.3 Å². The molecule has 26 heavy (non-hydrogen) atoms. The zero-order chi connectivity index (χ0) is 18.5. The highest BCUT2D eigenvalue weighted by atomic mass is 35.5. The van der Waals surface area contributed by atoms with Crippen molar-refractivity contribution >= 4 is 23.2 Å². The van der Waals surface area contributed by atoms with Gasteiger partial charge in [0.1, 0.15) is 0 Å². The zero-order valence-electron chi connectivity index (χ0n) is 15.5. The zero-order valence-corrected chi connectivity index (χ0v) is 16.3. The number of aryl methyl sites for hydroxylation is 1. The lowest BCUT2D eigenvalue weighted by Crippen LogP contribution is -2.39. The van der Waals surface area contributed by atoms with Gasteiger partial charge < -0.3 is 10.1 Å². The van der Waals surface area contributed by atoms with Crippen LogP contribution in [0.3, 0.4) is 0 Å². The molecule has 142 valence electrons. The van der Waals surface area contributed by atoms with Crippen LogP contribution in [0.4, 0.5) is 0 Å². The normalized spacial score (nSPS) is 20.4. The van der Waals surface area contributed by atoms with Crippen molar-refractivity contribution in [3.63, 3.8) is 0 Å². The Morgan fingerprint density at radius 3 is 2.85 bits per heavy atom. The van der Waals surface area contributed by atoms with Gasteiger partial charge in [-0.3, -0.25) is 4.79 Å². The molecule has 6 nitrogen and oxygen atoms in total. The van der Waals surface area contributed by atoms with Crippen molar-refractivity contribution in [2.24, 2.45) is 0 Å². The largest absolute Gasteiger partial charge is 0.378 e. The lowest BCUT2D eigenvalue weighted by Gasteiger charge is -2.29.